The van der Waals surface area contributed by atoms with E-state index in [0.29, 0.717) is 13.2 Å². The first kappa shape index (κ1) is 17.4. The van der Waals surface area contributed by atoms with Gasteiger partial charge in [0.15, 0.2) is 0 Å². The average molecular weight is 307 g/mol. The molecule has 1 aliphatic rings. The Morgan fingerprint density at radius 3 is 2.85 bits per heavy atom. The van der Waals surface area contributed by atoms with Gasteiger partial charge in [0.2, 0.25) is 5.91 Å². The maximum Gasteiger partial charge on any atom is 0.237 e. The molecule has 0 saturated carbocycles. The predicted molar refractivity (Wildman–Crippen MR) is 77.2 cm³/mol. The molecule has 0 aliphatic carbocycles. The van der Waals surface area contributed by atoms with Gasteiger partial charge in [-0.2, -0.15) is 0 Å². The van der Waals surface area contributed by atoms with Crippen LogP contribution in [0.5, 0.6) is 0 Å². The van der Waals surface area contributed by atoms with Crippen LogP contribution in [0.2, 0.25) is 0 Å². The van der Waals surface area contributed by atoms with E-state index in [9.17, 15) is 13.2 Å². The minimum atomic E-state index is -3.09. The molecule has 8 heteroatoms. The summed E-state index contributed by atoms with van der Waals surface area (Å²) in [6.45, 7) is 5.81. The van der Waals surface area contributed by atoms with Gasteiger partial charge >= 0.3 is 0 Å². The highest BCUT2D eigenvalue weighted by molar-refractivity contribution is 7.90. The molecule has 7 nitrogen and oxygen atoms in total. The minimum absolute atomic E-state index is 0.0326. The van der Waals surface area contributed by atoms with E-state index < -0.39 is 15.9 Å². The Kier molecular flexibility index (Phi) is 6.87. The molecule has 20 heavy (non-hydrogen) atoms. The van der Waals surface area contributed by atoms with Crippen molar-refractivity contribution in [3.05, 3.63) is 0 Å². The van der Waals surface area contributed by atoms with Crippen molar-refractivity contribution in [1.29, 1.82) is 0 Å². The molecular weight excluding hydrogens is 282 g/mol. The second-order valence-corrected chi connectivity index (χ2v) is 7.42. The second-order valence-electron chi connectivity index (χ2n) is 5.16. The van der Waals surface area contributed by atoms with Crippen LogP contribution in [0.3, 0.4) is 0 Å². The lowest BCUT2D eigenvalue weighted by Gasteiger charge is -2.32. The van der Waals surface area contributed by atoms with Crippen molar-refractivity contribution >= 4 is 15.7 Å². The summed E-state index contributed by atoms with van der Waals surface area (Å²) in [4.78, 5) is 14.0. The molecule has 2 unspecified atom stereocenters. The van der Waals surface area contributed by atoms with E-state index in [1.807, 2.05) is 0 Å². The van der Waals surface area contributed by atoms with Crippen LogP contribution in [0.4, 0.5) is 0 Å². The van der Waals surface area contributed by atoms with E-state index in [2.05, 4.69) is 17.1 Å². The number of morpholine rings is 1. The summed E-state index contributed by atoms with van der Waals surface area (Å²) in [5, 5.41) is 2.72. The van der Waals surface area contributed by atoms with E-state index in [1.165, 1.54) is 0 Å². The lowest BCUT2D eigenvalue weighted by atomic mass is 10.2. The Bertz CT molecular complexity index is 413. The fourth-order valence-corrected chi connectivity index (χ4v) is 2.69. The molecule has 0 spiro atoms. The largest absolute Gasteiger partial charge is 0.374 e. The molecule has 1 heterocycles. The van der Waals surface area contributed by atoms with Crippen molar-refractivity contribution < 1.29 is 17.9 Å². The highest BCUT2D eigenvalue weighted by Crippen LogP contribution is 2.04. The number of hydrogen-bond donors (Lipinski definition) is 2. The summed E-state index contributed by atoms with van der Waals surface area (Å²) in [5.41, 5.74) is 5.67. The van der Waals surface area contributed by atoms with Crippen LogP contribution in [-0.4, -0.2) is 76.2 Å². The van der Waals surface area contributed by atoms with Gasteiger partial charge in [-0.3, -0.25) is 9.69 Å². The van der Waals surface area contributed by atoms with Crippen molar-refractivity contribution in [1.82, 2.24) is 10.2 Å². The van der Waals surface area contributed by atoms with Gasteiger partial charge in [-0.25, -0.2) is 8.42 Å². The van der Waals surface area contributed by atoms with Crippen molar-refractivity contribution in [2.24, 2.45) is 5.73 Å². The third-order valence-electron chi connectivity index (χ3n) is 3.31. The van der Waals surface area contributed by atoms with E-state index in [-0.39, 0.29) is 24.2 Å². The number of nitrogens with two attached hydrogens (primary N) is 1. The number of nitrogens with one attached hydrogen (secondary N) is 1. The molecule has 0 bridgehead atoms. The zero-order valence-electron chi connectivity index (χ0n) is 12.2. The van der Waals surface area contributed by atoms with E-state index >= 15 is 0 Å². The molecule has 2 atom stereocenters. The topological polar surface area (TPSA) is 102 Å². The van der Waals surface area contributed by atoms with Gasteiger partial charge in [0.25, 0.3) is 0 Å². The molecule has 0 aromatic heterocycles. The van der Waals surface area contributed by atoms with Gasteiger partial charge in [-0.15, -0.1) is 0 Å². The first-order valence-electron chi connectivity index (χ1n) is 6.86. The summed E-state index contributed by atoms with van der Waals surface area (Å²) in [7, 11) is -3.09. The molecule has 1 fully saturated rings. The minimum Gasteiger partial charge on any atom is -0.374 e. The molecule has 1 rings (SSSR count). The molecule has 0 aromatic carbocycles. The normalized spacial score (nSPS) is 22.4. The maximum atomic E-state index is 11.8. The van der Waals surface area contributed by atoms with Crippen LogP contribution in [-0.2, 0) is 19.4 Å². The number of sulfone groups is 1. The molecule has 0 aromatic rings. The zero-order chi connectivity index (χ0) is 15.2. The monoisotopic (exact) mass is 307 g/mol. The summed E-state index contributed by atoms with van der Waals surface area (Å²) in [6.07, 6.45) is 1.24. The molecule has 0 radical (unpaired) electrons. The second kappa shape index (κ2) is 7.92. The van der Waals surface area contributed by atoms with Crippen molar-refractivity contribution in [3.63, 3.8) is 0 Å². The SMILES string of the molecule is CCN1CCOC(CNC(=O)C(N)CCS(C)(=O)=O)C1. The van der Waals surface area contributed by atoms with Gasteiger partial charge in [-0.1, -0.05) is 6.92 Å². The van der Waals surface area contributed by atoms with Crippen LogP contribution in [0.1, 0.15) is 13.3 Å². The highest BCUT2D eigenvalue weighted by atomic mass is 32.2. The third kappa shape index (κ3) is 6.65. The number of carbonyl (C=O) groups excluding carboxylic acids is 1. The number of nitrogens with zero attached hydrogens (tertiary/aromatic N) is 1. The zero-order valence-corrected chi connectivity index (χ0v) is 13.0. The average Bonchev–Trinajstić information content (AvgIpc) is 2.41. The van der Waals surface area contributed by atoms with Crippen LogP contribution < -0.4 is 11.1 Å². The Hall–Kier alpha value is -0.700. The summed E-state index contributed by atoms with van der Waals surface area (Å²) in [6, 6.07) is -0.796. The highest BCUT2D eigenvalue weighted by Gasteiger charge is 2.21. The third-order valence-corrected chi connectivity index (χ3v) is 4.29. The first-order chi connectivity index (χ1) is 9.31. The van der Waals surface area contributed by atoms with Crippen molar-refractivity contribution in [3.8, 4) is 0 Å². The number of carbonyl (C=O) groups is 1. The van der Waals surface area contributed by atoms with Crippen LogP contribution in [0.25, 0.3) is 0 Å². The number of rotatable bonds is 7. The molecule has 1 amide bonds. The van der Waals surface area contributed by atoms with Gasteiger partial charge in [-0.05, 0) is 13.0 Å². The molecule has 1 aliphatic heterocycles. The number of ether oxygens (including phenoxy) is 1. The van der Waals surface area contributed by atoms with Crippen molar-refractivity contribution in [2.45, 2.75) is 25.5 Å². The van der Waals surface area contributed by atoms with Gasteiger partial charge in [0.1, 0.15) is 9.84 Å². The first-order valence-corrected chi connectivity index (χ1v) is 8.93. The van der Waals surface area contributed by atoms with Crippen LogP contribution in [0.15, 0.2) is 0 Å². The van der Waals surface area contributed by atoms with E-state index in [0.717, 1.165) is 25.9 Å². The Morgan fingerprint density at radius 1 is 1.55 bits per heavy atom. The Balaban J connectivity index is 2.28. The van der Waals surface area contributed by atoms with E-state index in [1.54, 1.807) is 0 Å². The smallest absolute Gasteiger partial charge is 0.237 e. The molecule has 118 valence electrons. The Labute approximate surface area is 120 Å². The summed E-state index contributed by atoms with van der Waals surface area (Å²) in [5.74, 6) is -0.406. The van der Waals surface area contributed by atoms with E-state index in [4.69, 9.17) is 10.5 Å². The predicted octanol–water partition coefficient (Wildman–Crippen LogP) is -1.41. The lowest BCUT2D eigenvalue weighted by molar-refractivity contribution is -0.123. The fourth-order valence-electron chi connectivity index (χ4n) is 2.01. The number of amides is 1. The van der Waals surface area contributed by atoms with Crippen LogP contribution >= 0.6 is 0 Å². The molecule has 1 saturated heterocycles. The molecular formula is C12H25N3O4S. The maximum absolute atomic E-state index is 11.8. The van der Waals surface area contributed by atoms with Crippen molar-refractivity contribution in [2.75, 3.05) is 44.8 Å². The number of likely N-dealkylation sites (N-methyl/N-ethyl adjacent to an activating group) is 1. The van der Waals surface area contributed by atoms with Gasteiger partial charge in [0.05, 0.1) is 24.5 Å². The lowest BCUT2D eigenvalue weighted by Crippen LogP contribution is -2.50. The molecule has 3 N–H and O–H groups in total. The quantitative estimate of drug-likeness (QED) is 0.599. The number of hydrogen-bond acceptors (Lipinski definition) is 6. The summed E-state index contributed by atoms with van der Waals surface area (Å²) >= 11 is 0. The van der Waals surface area contributed by atoms with Crippen LogP contribution in [0, 0.1) is 0 Å². The Morgan fingerprint density at radius 2 is 2.25 bits per heavy atom. The summed E-state index contributed by atoms with van der Waals surface area (Å²) < 4.78 is 27.6. The fraction of sp³-hybridized carbons (Fsp3) is 0.917. The van der Waals surface area contributed by atoms with Gasteiger partial charge in [0, 0.05) is 25.9 Å². The standard InChI is InChI=1S/C12H25N3O4S/c1-3-15-5-6-19-10(9-15)8-14-12(16)11(13)4-7-20(2,17)18/h10-11H,3-9,13H2,1-2H3,(H,14,16). The van der Waals surface area contributed by atoms with Gasteiger partial charge < -0.3 is 15.8 Å².